The van der Waals surface area contributed by atoms with Crippen molar-refractivity contribution in [2.45, 2.75) is 78.3 Å². The van der Waals surface area contributed by atoms with Gasteiger partial charge in [0.05, 0.1) is 25.1 Å². The van der Waals surface area contributed by atoms with E-state index >= 15 is 0 Å². The first-order valence-electron chi connectivity index (χ1n) is 12.2. The number of unbranched alkanes of at least 4 members (excludes halogenated alkanes) is 2. The van der Waals surface area contributed by atoms with Crippen LogP contribution in [0, 0.1) is 5.92 Å². The Labute approximate surface area is 207 Å². The van der Waals surface area contributed by atoms with Gasteiger partial charge in [0.25, 0.3) is 20.2 Å². The van der Waals surface area contributed by atoms with Crippen molar-refractivity contribution in [1.82, 2.24) is 9.80 Å². The van der Waals surface area contributed by atoms with Crippen molar-refractivity contribution in [1.29, 1.82) is 0 Å². The van der Waals surface area contributed by atoms with Gasteiger partial charge in [-0.3, -0.25) is 18.9 Å². The summed E-state index contributed by atoms with van der Waals surface area (Å²) in [5.74, 6) is 0.0116. The topological polar surface area (TPSA) is 121 Å². The van der Waals surface area contributed by atoms with Crippen LogP contribution in [0.15, 0.2) is 24.3 Å². The van der Waals surface area contributed by atoms with Crippen LogP contribution in [0.3, 0.4) is 0 Å². The van der Waals surface area contributed by atoms with E-state index in [-0.39, 0.29) is 17.4 Å². The maximum atomic E-state index is 11.3. The molecule has 0 heterocycles. The summed E-state index contributed by atoms with van der Waals surface area (Å²) >= 11 is 0. The number of nitrogens with zero attached hydrogens (tertiary/aromatic N) is 1. The highest BCUT2D eigenvalue weighted by Crippen LogP contribution is 2.40. The van der Waals surface area contributed by atoms with Gasteiger partial charge < -0.3 is 0 Å². The van der Waals surface area contributed by atoms with Crippen LogP contribution < -0.4 is 9.80 Å². The van der Waals surface area contributed by atoms with Crippen molar-refractivity contribution in [2.24, 2.45) is 5.92 Å². The van der Waals surface area contributed by atoms with E-state index < -0.39 is 25.9 Å². The van der Waals surface area contributed by atoms with Crippen molar-refractivity contribution in [3.05, 3.63) is 29.8 Å². The summed E-state index contributed by atoms with van der Waals surface area (Å²) in [6.45, 7) is 12.1. The van der Waals surface area contributed by atoms with Crippen LogP contribution in [0.2, 0.25) is 0 Å². The normalized spacial score (nSPS) is 17.3. The van der Waals surface area contributed by atoms with Crippen molar-refractivity contribution in [3.63, 3.8) is 0 Å². The molecule has 0 spiro atoms. The molecule has 10 heteroatoms. The molecule has 1 aromatic carbocycles. The smallest absolute Gasteiger partial charge is 0.264 e. The van der Waals surface area contributed by atoms with Gasteiger partial charge in [0, 0.05) is 24.9 Å². The molecule has 0 saturated heterocycles. The third-order valence-corrected chi connectivity index (χ3v) is 8.87. The van der Waals surface area contributed by atoms with Crippen molar-refractivity contribution < 1.29 is 25.9 Å². The van der Waals surface area contributed by atoms with Gasteiger partial charge in [-0.15, -0.1) is 0 Å². The van der Waals surface area contributed by atoms with E-state index in [1.807, 2.05) is 12.1 Å². The Morgan fingerprint density at radius 1 is 0.941 bits per heavy atom. The van der Waals surface area contributed by atoms with Gasteiger partial charge in [0.2, 0.25) is 0 Å². The van der Waals surface area contributed by atoms with Gasteiger partial charge in [-0.2, -0.15) is 16.8 Å². The summed E-state index contributed by atoms with van der Waals surface area (Å²) in [5.41, 5.74) is 1.95. The van der Waals surface area contributed by atoms with Crippen LogP contribution in [0.1, 0.15) is 78.2 Å². The highest BCUT2D eigenvalue weighted by molar-refractivity contribution is 7.86. The van der Waals surface area contributed by atoms with Crippen LogP contribution in [0.5, 0.6) is 0 Å². The second-order valence-corrected chi connectivity index (χ2v) is 13.1. The first-order chi connectivity index (χ1) is 15.6. The summed E-state index contributed by atoms with van der Waals surface area (Å²) < 4.78 is 63.4. The molecule has 0 fully saturated rings. The molecule has 8 nitrogen and oxygen atoms in total. The maximum absolute atomic E-state index is 11.3. The summed E-state index contributed by atoms with van der Waals surface area (Å²) in [7, 11) is -5.81. The molecule has 3 N–H and O–H groups in total. The van der Waals surface area contributed by atoms with Crippen LogP contribution in [-0.4, -0.2) is 63.2 Å². The number of hydrogen-bond acceptors (Lipinski definition) is 5. The van der Waals surface area contributed by atoms with Crippen LogP contribution >= 0.6 is 0 Å². The molecule has 34 heavy (non-hydrogen) atoms. The van der Waals surface area contributed by atoms with E-state index in [1.165, 1.54) is 5.56 Å². The van der Waals surface area contributed by atoms with E-state index in [4.69, 9.17) is 4.55 Å². The summed E-state index contributed by atoms with van der Waals surface area (Å²) in [4.78, 5) is 0. The molecule has 198 valence electrons. The summed E-state index contributed by atoms with van der Waals surface area (Å²) in [6.07, 6.45) is 2.85. The van der Waals surface area contributed by atoms with Gasteiger partial charge >= 0.3 is 0 Å². The zero-order valence-electron chi connectivity index (χ0n) is 21.6. The lowest BCUT2D eigenvalue weighted by molar-refractivity contribution is 0.0454. The Morgan fingerprint density at radius 3 is 1.97 bits per heavy atom. The molecule has 0 aliphatic carbocycles. The molecule has 1 rings (SSSR count). The predicted molar refractivity (Wildman–Crippen MR) is 140 cm³/mol. The van der Waals surface area contributed by atoms with Crippen LogP contribution in [0.25, 0.3) is 0 Å². The Kier molecular flexibility index (Phi) is 11.6. The van der Waals surface area contributed by atoms with E-state index in [0.717, 1.165) is 12.1 Å². The molecule has 3 atom stereocenters. The molecule has 0 radical (unpaired) electrons. The highest BCUT2D eigenvalue weighted by atomic mass is 32.2. The molecular formula is C24H45N2O6S2+. The number of benzene rings is 1. The van der Waals surface area contributed by atoms with Gasteiger partial charge in [-0.25, -0.2) is 0 Å². The maximum Gasteiger partial charge on any atom is 0.264 e. The van der Waals surface area contributed by atoms with Gasteiger partial charge in [0.1, 0.15) is 5.69 Å². The Balaban J connectivity index is 3.36. The quantitative estimate of drug-likeness (QED) is 0.127. The molecule has 0 saturated carbocycles. The third kappa shape index (κ3) is 8.87. The highest BCUT2D eigenvalue weighted by Gasteiger charge is 2.49. The van der Waals surface area contributed by atoms with E-state index in [0.29, 0.717) is 49.2 Å². The van der Waals surface area contributed by atoms with Crippen LogP contribution in [0.4, 0.5) is 5.69 Å². The predicted octanol–water partition coefficient (Wildman–Crippen LogP) is 4.44. The first kappa shape index (κ1) is 31.0. The van der Waals surface area contributed by atoms with Gasteiger partial charge in [0.15, 0.2) is 5.66 Å². The fourth-order valence-electron chi connectivity index (χ4n) is 4.72. The third-order valence-electron chi connectivity index (χ3n) is 7.26. The zero-order valence-corrected chi connectivity index (χ0v) is 23.3. The number of rotatable bonds is 16. The standard InChI is InChI=1S/C24H44N2O6S2/c1-7-21(4)24(5,25-16-10-12-18-33(27,28)29)26(6,17-11-13-19-34(30,31)32)23-15-9-8-14-22(23)20(2)3/h8-9,14-15,20-21,25H,7,10-13,16-19H2,1-6H3,(H-,27,28,29,30,31,32)/p+1/t21?,24?,26-/m0/s1. The first-order valence-corrected chi connectivity index (χ1v) is 15.4. The largest absolute Gasteiger partial charge is 0.286 e. The van der Waals surface area contributed by atoms with Crippen molar-refractivity contribution >= 4 is 25.9 Å². The lowest BCUT2D eigenvalue weighted by Gasteiger charge is -2.53. The van der Waals surface area contributed by atoms with Crippen molar-refractivity contribution in [2.75, 3.05) is 31.6 Å². The fourth-order valence-corrected chi connectivity index (χ4v) is 5.86. The number of hydrogen-bond donors (Lipinski definition) is 3. The number of quaternary nitrogens is 1. The second kappa shape index (κ2) is 12.8. The average Bonchev–Trinajstić information content (AvgIpc) is 2.73. The minimum atomic E-state index is -4.01. The molecule has 0 aliphatic heterocycles. The monoisotopic (exact) mass is 521 g/mol. The number of para-hydroxylation sites is 1. The Morgan fingerprint density at radius 2 is 1.47 bits per heavy atom. The summed E-state index contributed by atoms with van der Waals surface area (Å²) in [6, 6.07) is 8.33. The second-order valence-electron chi connectivity index (χ2n) is 10.00. The molecule has 1 aromatic rings. The van der Waals surface area contributed by atoms with Gasteiger partial charge in [-0.05, 0) is 44.1 Å². The lowest BCUT2D eigenvalue weighted by Crippen LogP contribution is -2.72. The van der Waals surface area contributed by atoms with E-state index in [9.17, 15) is 21.4 Å². The molecule has 0 amide bonds. The lowest BCUT2D eigenvalue weighted by atomic mass is 9.86. The number of nitrogens with one attached hydrogen (secondary N) is 1. The molecule has 0 aliphatic rings. The van der Waals surface area contributed by atoms with Crippen molar-refractivity contribution in [3.8, 4) is 0 Å². The minimum absolute atomic E-state index is 0.237. The average molecular weight is 522 g/mol. The molecule has 0 bridgehead atoms. The minimum Gasteiger partial charge on any atom is -0.286 e. The summed E-state index contributed by atoms with van der Waals surface area (Å²) in [5, 5.41) is 3.72. The Bertz CT molecular complexity index is 981. The molecule has 0 aromatic heterocycles. The van der Waals surface area contributed by atoms with E-state index in [1.54, 1.807) is 0 Å². The van der Waals surface area contributed by atoms with E-state index in [2.05, 4.69) is 59.1 Å². The SMILES string of the molecule is CCC(C)C(C)(NCCCCS(=O)(=O)O)[N@@+](C)(CCCCS(=O)(=O)O)c1ccccc1C(C)C. The zero-order chi connectivity index (χ0) is 26.2. The Hall–Kier alpha value is -1.04. The van der Waals surface area contributed by atoms with Gasteiger partial charge in [-0.1, -0.05) is 45.9 Å². The molecule has 2 unspecified atom stereocenters. The fraction of sp³-hybridized carbons (Fsp3) is 0.750. The van der Waals surface area contributed by atoms with Crippen LogP contribution in [-0.2, 0) is 20.2 Å². The molecular weight excluding hydrogens is 476 g/mol.